The third-order valence-corrected chi connectivity index (χ3v) is 2.77. The normalized spacial score (nSPS) is 44.2. The lowest BCUT2D eigenvalue weighted by Gasteiger charge is -2.22. The van der Waals surface area contributed by atoms with Gasteiger partial charge < -0.3 is 14.6 Å². The van der Waals surface area contributed by atoms with Crippen LogP contribution in [-0.4, -0.2) is 37.6 Å². The Balaban J connectivity index is 2.07. The second kappa shape index (κ2) is 3.17. The third-order valence-electron chi connectivity index (χ3n) is 2.77. The van der Waals surface area contributed by atoms with E-state index in [1.54, 1.807) is 7.11 Å². The van der Waals surface area contributed by atoms with Gasteiger partial charge in [0.1, 0.15) is 0 Å². The van der Waals surface area contributed by atoms with E-state index < -0.39 is 0 Å². The highest BCUT2D eigenvalue weighted by Crippen LogP contribution is 2.38. The zero-order valence-corrected chi connectivity index (χ0v) is 7.14. The minimum atomic E-state index is 0.125. The average Bonchev–Trinajstić information content (AvgIpc) is 2.64. The summed E-state index contributed by atoms with van der Waals surface area (Å²) in [6.07, 6.45) is 4.41. The molecule has 0 saturated carbocycles. The molecule has 0 aromatic rings. The van der Waals surface area contributed by atoms with E-state index in [2.05, 4.69) is 6.08 Å². The summed E-state index contributed by atoms with van der Waals surface area (Å²) in [4.78, 5) is 0. The molecule has 1 saturated heterocycles. The Labute approximate surface area is 72.0 Å². The topological polar surface area (TPSA) is 38.7 Å². The minimum absolute atomic E-state index is 0.125. The number of methoxy groups -OCH3 is 1. The highest BCUT2D eigenvalue weighted by molar-refractivity contribution is 5.14. The third kappa shape index (κ3) is 1.09. The van der Waals surface area contributed by atoms with Crippen LogP contribution in [-0.2, 0) is 9.47 Å². The SMILES string of the molecule is COC[C@H]1[C@@H](CO)[C@@H]2C=C[C@H]1O2. The van der Waals surface area contributed by atoms with Gasteiger partial charge in [0.25, 0.3) is 0 Å². The Kier molecular flexibility index (Phi) is 2.17. The monoisotopic (exact) mass is 170 g/mol. The maximum absolute atomic E-state index is 9.12. The summed E-state index contributed by atoms with van der Waals surface area (Å²) in [6.45, 7) is 0.871. The fraction of sp³-hybridized carbons (Fsp3) is 0.778. The van der Waals surface area contributed by atoms with Gasteiger partial charge in [-0.3, -0.25) is 0 Å². The van der Waals surface area contributed by atoms with Gasteiger partial charge >= 0.3 is 0 Å². The lowest BCUT2D eigenvalue weighted by atomic mass is 9.84. The molecule has 0 amide bonds. The Morgan fingerprint density at radius 3 is 2.58 bits per heavy atom. The van der Waals surface area contributed by atoms with Crippen molar-refractivity contribution in [2.75, 3.05) is 20.3 Å². The van der Waals surface area contributed by atoms with E-state index >= 15 is 0 Å². The van der Waals surface area contributed by atoms with Gasteiger partial charge in [0.05, 0.1) is 18.8 Å². The summed E-state index contributed by atoms with van der Waals surface area (Å²) in [5.74, 6) is 0.579. The molecule has 0 aromatic carbocycles. The summed E-state index contributed by atoms with van der Waals surface area (Å²) < 4.78 is 10.7. The average molecular weight is 170 g/mol. The standard InChI is InChI=1S/C9H14O3/c1-11-5-7-6(4-10)8-2-3-9(7)12-8/h2-3,6-10H,4-5H2,1H3/t6-,7+,8+,9-/m1/s1. The Hall–Kier alpha value is -0.380. The molecule has 0 aromatic heterocycles. The molecule has 68 valence electrons. The van der Waals surface area contributed by atoms with Gasteiger partial charge in [0.15, 0.2) is 0 Å². The first kappa shape index (κ1) is 8.23. The van der Waals surface area contributed by atoms with Crippen molar-refractivity contribution in [1.82, 2.24) is 0 Å². The van der Waals surface area contributed by atoms with Gasteiger partial charge in [-0.15, -0.1) is 0 Å². The van der Waals surface area contributed by atoms with Crippen molar-refractivity contribution in [1.29, 1.82) is 0 Å². The highest BCUT2D eigenvalue weighted by Gasteiger charge is 2.45. The maximum atomic E-state index is 9.12. The van der Waals surface area contributed by atoms with Gasteiger partial charge in [-0.25, -0.2) is 0 Å². The maximum Gasteiger partial charge on any atom is 0.0819 e. The molecular formula is C9H14O3. The van der Waals surface area contributed by atoms with Gasteiger partial charge in [0, 0.05) is 25.6 Å². The van der Waals surface area contributed by atoms with Crippen LogP contribution >= 0.6 is 0 Å². The van der Waals surface area contributed by atoms with E-state index in [4.69, 9.17) is 14.6 Å². The van der Waals surface area contributed by atoms with Crippen LogP contribution in [0.2, 0.25) is 0 Å². The smallest absolute Gasteiger partial charge is 0.0819 e. The largest absolute Gasteiger partial charge is 0.396 e. The summed E-state index contributed by atoms with van der Waals surface area (Å²) in [6, 6.07) is 0. The highest BCUT2D eigenvalue weighted by atomic mass is 16.5. The van der Waals surface area contributed by atoms with Crippen molar-refractivity contribution in [3.8, 4) is 0 Å². The summed E-state index contributed by atoms with van der Waals surface area (Å²) >= 11 is 0. The molecule has 12 heavy (non-hydrogen) atoms. The van der Waals surface area contributed by atoms with E-state index in [1.165, 1.54) is 0 Å². The molecule has 0 radical (unpaired) electrons. The molecule has 4 atom stereocenters. The zero-order chi connectivity index (χ0) is 8.55. The zero-order valence-electron chi connectivity index (χ0n) is 7.14. The molecule has 3 nitrogen and oxygen atoms in total. The molecule has 2 bridgehead atoms. The van der Waals surface area contributed by atoms with Crippen molar-refractivity contribution < 1.29 is 14.6 Å². The molecule has 2 rings (SSSR count). The predicted octanol–water partition coefficient (Wildman–Crippen LogP) is 0.195. The molecule has 2 aliphatic rings. The number of hydrogen-bond acceptors (Lipinski definition) is 3. The predicted molar refractivity (Wildman–Crippen MR) is 43.7 cm³/mol. The quantitative estimate of drug-likeness (QED) is 0.615. The Bertz CT molecular complexity index is 190. The Morgan fingerprint density at radius 2 is 2.00 bits per heavy atom. The van der Waals surface area contributed by atoms with Crippen LogP contribution in [0.5, 0.6) is 0 Å². The van der Waals surface area contributed by atoms with Crippen molar-refractivity contribution >= 4 is 0 Å². The molecule has 3 heteroatoms. The van der Waals surface area contributed by atoms with Crippen LogP contribution in [0.3, 0.4) is 0 Å². The second-order valence-electron chi connectivity index (χ2n) is 3.42. The first-order valence-corrected chi connectivity index (χ1v) is 4.30. The molecule has 1 N–H and O–H groups in total. The van der Waals surface area contributed by atoms with Crippen LogP contribution in [0, 0.1) is 11.8 Å². The summed E-state index contributed by atoms with van der Waals surface area (Å²) in [5.41, 5.74) is 0. The number of fused-ring (bicyclic) bond motifs is 2. The molecule has 1 fully saturated rings. The summed E-state index contributed by atoms with van der Waals surface area (Å²) in [7, 11) is 1.68. The number of aliphatic hydroxyl groups excluding tert-OH is 1. The van der Waals surface area contributed by atoms with Crippen LogP contribution in [0.4, 0.5) is 0 Å². The van der Waals surface area contributed by atoms with Gasteiger partial charge in [-0.1, -0.05) is 12.2 Å². The number of ether oxygens (including phenoxy) is 2. The molecule has 0 spiro atoms. The van der Waals surface area contributed by atoms with Crippen LogP contribution in [0.15, 0.2) is 12.2 Å². The minimum Gasteiger partial charge on any atom is -0.396 e. The van der Waals surface area contributed by atoms with Crippen molar-refractivity contribution in [2.24, 2.45) is 11.8 Å². The molecule has 0 unspecified atom stereocenters. The Morgan fingerprint density at radius 1 is 1.33 bits per heavy atom. The number of rotatable bonds is 3. The van der Waals surface area contributed by atoms with Crippen molar-refractivity contribution in [3.05, 3.63) is 12.2 Å². The fourth-order valence-electron chi connectivity index (χ4n) is 2.12. The second-order valence-corrected chi connectivity index (χ2v) is 3.42. The van der Waals surface area contributed by atoms with E-state index in [0.29, 0.717) is 12.5 Å². The van der Waals surface area contributed by atoms with Crippen LogP contribution in [0.1, 0.15) is 0 Å². The van der Waals surface area contributed by atoms with Gasteiger partial charge in [-0.2, -0.15) is 0 Å². The number of hydrogen-bond donors (Lipinski definition) is 1. The van der Waals surface area contributed by atoms with Crippen molar-refractivity contribution in [2.45, 2.75) is 12.2 Å². The van der Waals surface area contributed by atoms with Crippen LogP contribution in [0.25, 0.3) is 0 Å². The first-order chi connectivity index (χ1) is 5.86. The summed E-state index contributed by atoms with van der Waals surface area (Å²) in [5, 5.41) is 9.12. The number of aliphatic hydroxyl groups is 1. The van der Waals surface area contributed by atoms with Crippen LogP contribution < -0.4 is 0 Å². The van der Waals surface area contributed by atoms with E-state index in [9.17, 15) is 0 Å². The van der Waals surface area contributed by atoms with Gasteiger partial charge in [-0.05, 0) is 0 Å². The fourth-order valence-corrected chi connectivity index (χ4v) is 2.12. The lowest BCUT2D eigenvalue weighted by molar-refractivity contribution is 0.0825. The molecule has 2 heterocycles. The molecule has 2 aliphatic heterocycles. The van der Waals surface area contributed by atoms with E-state index in [1.807, 2.05) is 6.08 Å². The molecular weight excluding hydrogens is 156 g/mol. The lowest BCUT2D eigenvalue weighted by Crippen LogP contribution is -2.30. The van der Waals surface area contributed by atoms with Gasteiger partial charge in [0.2, 0.25) is 0 Å². The van der Waals surface area contributed by atoms with E-state index in [0.717, 1.165) is 0 Å². The molecule has 0 aliphatic carbocycles. The van der Waals surface area contributed by atoms with E-state index in [-0.39, 0.29) is 24.7 Å². The van der Waals surface area contributed by atoms with Crippen molar-refractivity contribution in [3.63, 3.8) is 0 Å². The first-order valence-electron chi connectivity index (χ1n) is 4.30.